The standard InChI is InChI=1S/C15H26N2/c1-5-15(2,3)17(4)12-8-10-13-9-6-7-11-14(13)16/h6-7,9,11H,5,8,10,12,16H2,1-4H3. The lowest BCUT2D eigenvalue weighted by atomic mass is 9.99. The van der Waals surface area contributed by atoms with E-state index in [1.807, 2.05) is 12.1 Å². The van der Waals surface area contributed by atoms with Crippen molar-refractivity contribution in [3.05, 3.63) is 29.8 Å². The zero-order valence-corrected chi connectivity index (χ0v) is 11.7. The summed E-state index contributed by atoms with van der Waals surface area (Å²) in [6.45, 7) is 7.95. The van der Waals surface area contributed by atoms with E-state index in [4.69, 9.17) is 5.73 Å². The predicted molar refractivity (Wildman–Crippen MR) is 76.2 cm³/mol. The summed E-state index contributed by atoms with van der Waals surface area (Å²) in [4.78, 5) is 2.44. The van der Waals surface area contributed by atoms with Crippen molar-refractivity contribution in [2.24, 2.45) is 0 Å². The molecule has 0 atom stereocenters. The summed E-state index contributed by atoms with van der Waals surface area (Å²) in [6, 6.07) is 8.16. The second-order valence-electron chi connectivity index (χ2n) is 5.39. The molecule has 0 radical (unpaired) electrons. The molecule has 0 aromatic heterocycles. The van der Waals surface area contributed by atoms with E-state index in [1.54, 1.807) is 0 Å². The minimum Gasteiger partial charge on any atom is -0.399 e. The average Bonchev–Trinajstić information content (AvgIpc) is 2.31. The number of nitrogens with two attached hydrogens (primary N) is 1. The summed E-state index contributed by atoms with van der Waals surface area (Å²) in [5, 5.41) is 0. The molecule has 2 heteroatoms. The van der Waals surface area contributed by atoms with Gasteiger partial charge in [-0.25, -0.2) is 0 Å². The third kappa shape index (κ3) is 4.04. The Kier molecular flexibility index (Phi) is 5.01. The number of para-hydroxylation sites is 1. The molecule has 2 N–H and O–H groups in total. The molecular formula is C15H26N2. The van der Waals surface area contributed by atoms with Crippen molar-refractivity contribution in [3.63, 3.8) is 0 Å². The van der Waals surface area contributed by atoms with Crippen molar-refractivity contribution in [2.45, 2.75) is 45.6 Å². The predicted octanol–water partition coefficient (Wildman–Crippen LogP) is 3.32. The fourth-order valence-electron chi connectivity index (χ4n) is 1.84. The SMILES string of the molecule is CCC(C)(C)N(C)CCCc1ccccc1N. The van der Waals surface area contributed by atoms with Crippen molar-refractivity contribution in [1.29, 1.82) is 0 Å². The summed E-state index contributed by atoms with van der Waals surface area (Å²) in [7, 11) is 2.21. The van der Waals surface area contributed by atoms with E-state index in [1.165, 1.54) is 12.0 Å². The van der Waals surface area contributed by atoms with Crippen LogP contribution in [0.3, 0.4) is 0 Å². The highest BCUT2D eigenvalue weighted by molar-refractivity contribution is 5.46. The first kappa shape index (κ1) is 14.0. The van der Waals surface area contributed by atoms with Gasteiger partial charge in [-0.3, -0.25) is 0 Å². The number of nitrogen functional groups attached to an aromatic ring is 1. The Morgan fingerprint density at radius 3 is 2.47 bits per heavy atom. The van der Waals surface area contributed by atoms with Crippen molar-refractivity contribution in [3.8, 4) is 0 Å². The van der Waals surface area contributed by atoms with E-state index in [0.29, 0.717) is 5.54 Å². The number of nitrogens with zero attached hydrogens (tertiary/aromatic N) is 1. The summed E-state index contributed by atoms with van der Waals surface area (Å²) >= 11 is 0. The number of rotatable bonds is 6. The smallest absolute Gasteiger partial charge is 0.0346 e. The first-order valence-electron chi connectivity index (χ1n) is 6.52. The Morgan fingerprint density at radius 1 is 1.24 bits per heavy atom. The zero-order valence-electron chi connectivity index (χ0n) is 11.7. The van der Waals surface area contributed by atoms with Crippen LogP contribution in [0.1, 0.15) is 39.2 Å². The lowest BCUT2D eigenvalue weighted by Crippen LogP contribution is -2.41. The topological polar surface area (TPSA) is 29.3 Å². The van der Waals surface area contributed by atoms with Gasteiger partial charge >= 0.3 is 0 Å². The van der Waals surface area contributed by atoms with Gasteiger partial charge < -0.3 is 10.6 Å². The van der Waals surface area contributed by atoms with Crippen molar-refractivity contribution in [2.75, 3.05) is 19.3 Å². The molecule has 0 fully saturated rings. The van der Waals surface area contributed by atoms with E-state index in [9.17, 15) is 0 Å². The summed E-state index contributed by atoms with van der Waals surface area (Å²) in [6.07, 6.45) is 3.40. The van der Waals surface area contributed by atoms with Crippen LogP contribution in [0.15, 0.2) is 24.3 Å². The Morgan fingerprint density at radius 2 is 1.88 bits per heavy atom. The maximum absolute atomic E-state index is 5.94. The minimum atomic E-state index is 0.294. The highest BCUT2D eigenvalue weighted by atomic mass is 15.2. The number of hydrogen-bond acceptors (Lipinski definition) is 2. The van der Waals surface area contributed by atoms with Gasteiger partial charge in [0.2, 0.25) is 0 Å². The largest absolute Gasteiger partial charge is 0.399 e. The fraction of sp³-hybridized carbons (Fsp3) is 0.600. The normalized spacial score (nSPS) is 12.1. The fourth-order valence-corrected chi connectivity index (χ4v) is 1.84. The van der Waals surface area contributed by atoms with Crippen LogP contribution in [-0.4, -0.2) is 24.0 Å². The second-order valence-corrected chi connectivity index (χ2v) is 5.39. The molecule has 0 unspecified atom stereocenters. The second kappa shape index (κ2) is 6.06. The Balaban J connectivity index is 2.41. The van der Waals surface area contributed by atoms with Gasteiger partial charge in [0.05, 0.1) is 0 Å². The van der Waals surface area contributed by atoms with E-state index in [2.05, 4.69) is 44.9 Å². The number of aryl methyl sites for hydroxylation is 1. The van der Waals surface area contributed by atoms with E-state index >= 15 is 0 Å². The highest BCUT2D eigenvalue weighted by Gasteiger charge is 2.20. The van der Waals surface area contributed by atoms with Crippen LogP contribution in [0.5, 0.6) is 0 Å². The first-order chi connectivity index (χ1) is 7.97. The molecule has 0 aliphatic carbocycles. The third-order valence-electron chi connectivity index (χ3n) is 3.89. The molecule has 0 aliphatic rings. The Labute approximate surface area is 106 Å². The molecule has 1 aromatic carbocycles. The quantitative estimate of drug-likeness (QED) is 0.765. The summed E-state index contributed by atoms with van der Waals surface area (Å²) in [5.74, 6) is 0. The molecule has 0 bridgehead atoms. The van der Waals surface area contributed by atoms with Gasteiger partial charge in [0, 0.05) is 11.2 Å². The molecule has 0 heterocycles. The van der Waals surface area contributed by atoms with Gasteiger partial charge in [-0.05, 0) is 58.3 Å². The maximum atomic E-state index is 5.94. The van der Waals surface area contributed by atoms with Crippen LogP contribution in [0.2, 0.25) is 0 Å². The van der Waals surface area contributed by atoms with Crippen molar-refractivity contribution < 1.29 is 0 Å². The molecule has 0 saturated heterocycles. The third-order valence-corrected chi connectivity index (χ3v) is 3.89. The van der Waals surface area contributed by atoms with Crippen LogP contribution in [0.25, 0.3) is 0 Å². The van der Waals surface area contributed by atoms with Crippen LogP contribution in [0.4, 0.5) is 5.69 Å². The maximum Gasteiger partial charge on any atom is 0.0346 e. The average molecular weight is 234 g/mol. The number of benzene rings is 1. The van der Waals surface area contributed by atoms with Crippen LogP contribution >= 0.6 is 0 Å². The Hall–Kier alpha value is -1.02. The molecule has 0 saturated carbocycles. The molecule has 96 valence electrons. The molecule has 1 aromatic rings. The molecule has 1 rings (SSSR count). The minimum absolute atomic E-state index is 0.294. The van der Waals surface area contributed by atoms with Gasteiger partial charge in [-0.1, -0.05) is 25.1 Å². The number of anilines is 1. The van der Waals surface area contributed by atoms with Gasteiger partial charge in [-0.2, -0.15) is 0 Å². The molecular weight excluding hydrogens is 208 g/mol. The van der Waals surface area contributed by atoms with Gasteiger partial charge in [0.25, 0.3) is 0 Å². The number of hydrogen-bond donors (Lipinski definition) is 1. The lowest BCUT2D eigenvalue weighted by molar-refractivity contribution is 0.149. The molecule has 2 nitrogen and oxygen atoms in total. The van der Waals surface area contributed by atoms with Crippen molar-refractivity contribution in [1.82, 2.24) is 4.90 Å². The van der Waals surface area contributed by atoms with Gasteiger partial charge in [0.15, 0.2) is 0 Å². The summed E-state index contributed by atoms with van der Waals surface area (Å²) < 4.78 is 0. The van der Waals surface area contributed by atoms with Crippen LogP contribution in [-0.2, 0) is 6.42 Å². The molecule has 0 aliphatic heterocycles. The van der Waals surface area contributed by atoms with Gasteiger partial charge in [0.1, 0.15) is 0 Å². The first-order valence-corrected chi connectivity index (χ1v) is 6.52. The lowest BCUT2D eigenvalue weighted by Gasteiger charge is -2.34. The molecule has 17 heavy (non-hydrogen) atoms. The van der Waals surface area contributed by atoms with Crippen LogP contribution in [0, 0.1) is 0 Å². The highest BCUT2D eigenvalue weighted by Crippen LogP contribution is 2.18. The van der Waals surface area contributed by atoms with Crippen molar-refractivity contribution >= 4 is 5.69 Å². The Bertz CT molecular complexity index is 345. The molecule has 0 spiro atoms. The van der Waals surface area contributed by atoms with E-state index in [-0.39, 0.29) is 0 Å². The summed E-state index contributed by atoms with van der Waals surface area (Å²) in [5.41, 5.74) is 8.42. The van der Waals surface area contributed by atoms with Gasteiger partial charge in [-0.15, -0.1) is 0 Å². The molecule has 0 amide bonds. The van der Waals surface area contributed by atoms with E-state index in [0.717, 1.165) is 25.1 Å². The zero-order chi connectivity index (χ0) is 12.9. The van der Waals surface area contributed by atoms with E-state index < -0.39 is 0 Å². The monoisotopic (exact) mass is 234 g/mol. The van der Waals surface area contributed by atoms with Crippen LogP contribution < -0.4 is 5.73 Å².